The predicted octanol–water partition coefficient (Wildman–Crippen LogP) is 4.43. The van der Waals surface area contributed by atoms with Crippen LogP contribution in [0, 0.1) is 0 Å². The number of carbonyl (C=O) groups is 1. The van der Waals surface area contributed by atoms with Crippen LogP contribution in [0.2, 0.25) is 0 Å². The molecule has 0 bridgehead atoms. The Bertz CT molecular complexity index is 656. The van der Waals surface area contributed by atoms with E-state index in [1.54, 1.807) is 0 Å². The van der Waals surface area contributed by atoms with Crippen molar-refractivity contribution in [2.75, 3.05) is 10.2 Å². The van der Waals surface area contributed by atoms with Gasteiger partial charge in [0.2, 0.25) is 0 Å². The number of halogens is 1. The van der Waals surface area contributed by atoms with Gasteiger partial charge >= 0.3 is 6.03 Å². The molecule has 0 fully saturated rings. The Morgan fingerprint density at radius 1 is 1.20 bits per heavy atom. The van der Waals surface area contributed by atoms with Gasteiger partial charge in [-0.05, 0) is 53.0 Å². The second-order valence-corrected chi connectivity index (χ2v) is 5.82. The van der Waals surface area contributed by atoms with Crippen molar-refractivity contribution in [3.8, 4) is 0 Å². The third-order valence-electron chi connectivity index (χ3n) is 3.54. The van der Waals surface area contributed by atoms with Crippen LogP contribution < -0.4 is 10.2 Å². The van der Waals surface area contributed by atoms with Crippen molar-refractivity contribution in [3.05, 3.63) is 58.6 Å². The van der Waals surface area contributed by atoms with Gasteiger partial charge in [0, 0.05) is 16.2 Å². The third kappa shape index (κ3) is 2.31. The van der Waals surface area contributed by atoms with Gasteiger partial charge in [0.25, 0.3) is 0 Å². The predicted molar refractivity (Wildman–Crippen MR) is 85.2 cm³/mol. The van der Waals surface area contributed by atoms with E-state index in [1.807, 2.05) is 47.4 Å². The first kappa shape index (κ1) is 13.2. The average molecular weight is 331 g/mol. The molecule has 1 N–H and O–H groups in total. The number of nitrogens with one attached hydrogen (secondary N) is 1. The highest BCUT2D eigenvalue weighted by Gasteiger charge is 2.30. The van der Waals surface area contributed by atoms with Gasteiger partial charge in [0.05, 0.1) is 5.69 Å². The van der Waals surface area contributed by atoms with Crippen LogP contribution in [-0.2, 0) is 6.42 Å². The first-order chi connectivity index (χ1) is 9.66. The molecule has 2 amide bonds. The highest BCUT2D eigenvalue weighted by molar-refractivity contribution is 9.10. The van der Waals surface area contributed by atoms with Crippen LogP contribution in [-0.4, -0.2) is 12.1 Å². The molecule has 102 valence electrons. The fourth-order valence-corrected chi connectivity index (χ4v) is 3.00. The number of hydrogen-bond donors (Lipinski definition) is 1. The van der Waals surface area contributed by atoms with Gasteiger partial charge in [-0.1, -0.05) is 30.3 Å². The van der Waals surface area contributed by atoms with Crippen molar-refractivity contribution in [3.63, 3.8) is 0 Å². The van der Waals surface area contributed by atoms with E-state index < -0.39 is 0 Å². The molecule has 3 rings (SSSR count). The molecule has 1 aliphatic rings. The molecule has 0 saturated carbocycles. The smallest absolute Gasteiger partial charge is 0.306 e. The summed E-state index contributed by atoms with van der Waals surface area (Å²) in [6.45, 7) is 2.07. The Kier molecular flexibility index (Phi) is 3.49. The van der Waals surface area contributed by atoms with E-state index in [2.05, 4.69) is 34.2 Å². The maximum Gasteiger partial charge on any atom is 0.326 e. The van der Waals surface area contributed by atoms with Crippen LogP contribution in [0.5, 0.6) is 0 Å². The summed E-state index contributed by atoms with van der Waals surface area (Å²) < 4.78 is 0.883. The van der Waals surface area contributed by atoms with Crippen LogP contribution in [0.25, 0.3) is 0 Å². The quantitative estimate of drug-likeness (QED) is 0.824. The lowest BCUT2D eigenvalue weighted by atomic mass is 10.1. The molecule has 0 aliphatic carbocycles. The lowest BCUT2D eigenvalue weighted by Gasteiger charge is -2.23. The van der Waals surface area contributed by atoms with E-state index in [-0.39, 0.29) is 12.1 Å². The second-order valence-electron chi connectivity index (χ2n) is 4.96. The first-order valence-corrected chi connectivity index (χ1v) is 7.39. The molecule has 3 nitrogen and oxygen atoms in total. The molecule has 0 aromatic heterocycles. The van der Waals surface area contributed by atoms with Crippen molar-refractivity contribution in [1.82, 2.24) is 0 Å². The SMILES string of the molecule is CC1Cc2ccccc2N1C(=O)Nc1ccccc1Br. The van der Waals surface area contributed by atoms with Crippen molar-refractivity contribution < 1.29 is 4.79 Å². The van der Waals surface area contributed by atoms with E-state index in [4.69, 9.17) is 0 Å². The van der Waals surface area contributed by atoms with Crippen LogP contribution in [0.4, 0.5) is 16.2 Å². The van der Waals surface area contributed by atoms with Crippen LogP contribution in [0.3, 0.4) is 0 Å². The molecular formula is C16H15BrN2O. The molecule has 0 spiro atoms. The average Bonchev–Trinajstić information content (AvgIpc) is 2.77. The Hall–Kier alpha value is -1.81. The third-order valence-corrected chi connectivity index (χ3v) is 4.23. The summed E-state index contributed by atoms with van der Waals surface area (Å²) in [6, 6.07) is 15.8. The zero-order valence-electron chi connectivity index (χ0n) is 11.1. The van der Waals surface area contributed by atoms with Gasteiger partial charge in [-0.2, -0.15) is 0 Å². The van der Waals surface area contributed by atoms with Crippen LogP contribution in [0.15, 0.2) is 53.0 Å². The number of benzene rings is 2. The normalized spacial score (nSPS) is 16.9. The number of anilines is 2. The number of nitrogens with zero attached hydrogens (tertiary/aromatic N) is 1. The Morgan fingerprint density at radius 2 is 1.90 bits per heavy atom. The van der Waals surface area contributed by atoms with Crippen molar-refractivity contribution >= 4 is 33.3 Å². The molecule has 2 aromatic rings. The highest BCUT2D eigenvalue weighted by atomic mass is 79.9. The molecule has 1 atom stereocenters. The lowest BCUT2D eigenvalue weighted by molar-refractivity contribution is 0.256. The van der Waals surface area contributed by atoms with E-state index in [0.29, 0.717) is 0 Å². The minimum absolute atomic E-state index is 0.0886. The molecule has 1 unspecified atom stereocenters. The van der Waals surface area contributed by atoms with Crippen LogP contribution in [0.1, 0.15) is 12.5 Å². The molecule has 2 aromatic carbocycles. The fourth-order valence-electron chi connectivity index (χ4n) is 2.61. The zero-order valence-corrected chi connectivity index (χ0v) is 12.7. The number of urea groups is 1. The minimum Gasteiger partial charge on any atom is -0.306 e. The Balaban J connectivity index is 1.86. The number of para-hydroxylation sites is 2. The molecule has 0 saturated heterocycles. The topological polar surface area (TPSA) is 32.3 Å². The van der Waals surface area contributed by atoms with Gasteiger partial charge in [0.15, 0.2) is 0 Å². The molecule has 20 heavy (non-hydrogen) atoms. The summed E-state index contributed by atoms with van der Waals surface area (Å²) in [7, 11) is 0. The van der Waals surface area contributed by atoms with Crippen molar-refractivity contribution in [1.29, 1.82) is 0 Å². The summed E-state index contributed by atoms with van der Waals surface area (Å²) in [5, 5.41) is 2.96. The largest absolute Gasteiger partial charge is 0.326 e. The van der Waals surface area contributed by atoms with Crippen molar-refractivity contribution in [2.45, 2.75) is 19.4 Å². The summed E-state index contributed by atoms with van der Waals surface area (Å²) in [6.07, 6.45) is 0.902. The maximum absolute atomic E-state index is 12.5. The lowest BCUT2D eigenvalue weighted by Crippen LogP contribution is -2.39. The highest BCUT2D eigenvalue weighted by Crippen LogP contribution is 2.32. The number of hydrogen-bond acceptors (Lipinski definition) is 1. The first-order valence-electron chi connectivity index (χ1n) is 6.59. The summed E-state index contributed by atoms with van der Waals surface area (Å²) in [5.74, 6) is 0. The van der Waals surface area contributed by atoms with E-state index in [9.17, 15) is 4.79 Å². The van der Waals surface area contributed by atoms with Gasteiger partial charge in [-0.3, -0.25) is 4.90 Å². The summed E-state index contributed by atoms with van der Waals surface area (Å²) >= 11 is 3.45. The van der Waals surface area contributed by atoms with Gasteiger partial charge in [-0.25, -0.2) is 4.79 Å². The molecular weight excluding hydrogens is 316 g/mol. The number of fused-ring (bicyclic) bond motifs is 1. The van der Waals surface area contributed by atoms with Crippen molar-refractivity contribution in [2.24, 2.45) is 0 Å². The molecule has 1 heterocycles. The minimum atomic E-state index is -0.0886. The number of rotatable bonds is 1. The Labute approximate surface area is 126 Å². The van der Waals surface area contributed by atoms with E-state index in [0.717, 1.165) is 22.3 Å². The second kappa shape index (κ2) is 5.29. The van der Waals surface area contributed by atoms with E-state index >= 15 is 0 Å². The number of carbonyl (C=O) groups excluding carboxylic acids is 1. The summed E-state index contributed by atoms with van der Waals surface area (Å²) in [4.78, 5) is 14.4. The van der Waals surface area contributed by atoms with Gasteiger partial charge < -0.3 is 5.32 Å². The van der Waals surface area contributed by atoms with Gasteiger partial charge in [-0.15, -0.1) is 0 Å². The molecule has 1 aliphatic heterocycles. The molecule has 4 heteroatoms. The van der Waals surface area contributed by atoms with Gasteiger partial charge in [0.1, 0.15) is 0 Å². The van der Waals surface area contributed by atoms with E-state index in [1.165, 1.54) is 5.56 Å². The molecule has 0 radical (unpaired) electrons. The Morgan fingerprint density at radius 3 is 2.70 bits per heavy atom. The number of amides is 2. The monoisotopic (exact) mass is 330 g/mol. The van der Waals surface area contributed by atoms with Crippen LogP contribution >= 0.6 is 15.9 Å². The maximum atomic E-state index is 12.5. The summed E-state index contributed by atoms with van der Waals surface area (Å²) in [5.41, 5.74) is 3.01. The standard InChI is InChI=1S/C16H15BrN2O/c1-11-10-12-6-2-5-9-15(12)19(11)16(20)18-14-8-4-3-7-13(14)17/h2-9,11H,10H2,1H3,(H,18,20). The zero-order chi connectivity index (χ0) is 14.1. The fraction of sp³-hybridized carbons (Fsp3) is 0.188.